The molecule has 0 aromatic heterocycles. The van der Waals surface area contributed by atoms with Crippen molar-refractivity contribution in [3.8, 4) is 11.5 Å². The van der Waals surface area contributed by atoms with E-state index in [2.05, 4.69) is 47.2 Å². The van der Waals surface area contributed by atoms with Crippen LogP contribution in [0.25, 0.3) is 0 Å². The maximum Gasteiger partial charge on any atom is 0.165 e. The Bertz CT molecular complexity index is 618. The Kier molecular flexibility index (Phi) is 5.12. The molecule has 0 unspecified atom stereocenters. The summed E-state index contributed by atoms with van der Waals surface area (Å²) >= 11 is 3.62. The van der Waals surface area contributed by atoms with Gasteiger partial charge in [0, 0.05) is 16.6 Å². The van der Waals surface area contributed by atoms with Gasteiger partial charge in [0.2, 0.25) is 0 Å². The predicted octanol–water partition coefficient (Wildman–Crippen LogP) is 4.70. The first-order valence-electron chi connectivity index (χ1n) is 6.77. The van der Waals surface area contributed by atoms with Gasteiger partial charge in [0.1, 0.15) is 0 Å². The zero-order chi connectivity index (χ0) is 15.4. The monoisotopic (exact) mass is 349 g/mol. The van der Waals surface area contributed by atoms with Gasteiger partial charge in [-0.25, -0.2) is 0 Å². The minimum atomic E-state index is 0.670. The van der Waals surface area contributed by atoms with Crippen LogP contribution in [0.2, 0.25) is 0 Å². The van der Waals surface area contributed by atoms with Gasteiger partial charge in [0.15, 0.2) is 11.5 Å². The minimum Gasteiger partial charge on any atom is -0.493 e. The Balaban J connectivity index is 2.25. The normalized spacial score (nSPS) is 10.3. The number of para-hydroxylation sites is 1. The van der Waals surface area contributed by atoms with Crippen molar-refractivity contribution in [2.75, 3.05) is 19.5 Å². The summed E-state index contributed by atoms with van der Waals surface area (Å²) in [5.74, 6) is 1.52. The lowest BCUT2D eigenvalue weighted by Gasteiger charge is -2.16. The highest BCUT2D eigenvalue weighted by molar-refractivity contribution is 9.10. The van der Waals surface area contributed by atoms with Crippen molar-refractivity contribution >= 4 is 21.6 Å². The van der Waals surface area contributed by atoms with Crippen LogP contribution < -0.4 is 14.8 Å². The summed E-state index contributed by atoms with van der Waals surface area (Å²) in [5, 5.41) is 3.47. The van der Waals surface area contributed by atoms with Crippen LogP contribution in [0.1, 0.15) is 16.7 Å². The summed E-state index contributed by atoms with van der Waals surface area (Å²) in [7, 11) is 3.31. The molecule has 0 atom stereocenters. The maximum absolute atomic E-state index is 5.46. The van der Waals surface area contributed by atoms with Gasteiger partial charge in [-0.05, 0) is 53.0 Å². The molecule has 0 aliphatic carbocycles. The quantitative estimate of drug-likeness (QED) is 0.848. The molecular formula is C17H20BrNO2. The Hall–Kier alpha value is -1.68. The van der Waals surface area contributed by atoms with Gasteiger partial charge < -0.3 is 14.8 Å². The highest BCUT2D eigenvalue weighted by Crippen LogP contribution is 2.33. The van der Waals surface area contributed by atoms with Gasteiger partial charge in [-0.1, -0.05) is 18.2 Å². The minimum absolute atomic E-state index is 0.670. The van der Waals surface area contributed by atoms with E-state index in [-0.39, 0.29) is 0 Å². The molecule has 0 aliphatic heterocycles. The topological polar surface area (TPSA) is 30.5 Å². The van der Waals surface area contributed by atoms with Crippen molar-refractivity contribution < 1.29 is 9.47 Å². The average Bonchev–Trinajstić information content (AvgIpc) is 2.45. The van der Waals surface area contributed by atoms with Crippen molar-refractivity contribution in [3.63, 3.8) is 0 Å². The fourth-order valence-corrected chi connectivity index (χ4v) is 3.23. The van der Waals surface area contributed by atoms with E-state index in [0.717, 1.165) is 27.2 Å². The van der Waals surface area contributed by atoms with Crippen LogP contribution >= 0.6 is 15.9 Å². The van der Waals surface area contributed by atoms with E-state index in [1.165, 1.54) is 11.1 Å². The van der Waals surface area contributed by atoms with Crippen LogP contribution in [-0.4, -0.2) is 14.2 Å². The molecule has 0 aliphatic rings. The molecule has 3 nitrogen and oxygen atoms in total. The maximum atomic E-state index is 5.46. The van der Waals surface area contributed by atoms with Crippen LogP contribution in [0, 0.1) is 13.8 Å². The van der Waals surface area contributed by atoms with Crippen LogP contribution in [-0.2, 0) is 6.54 Å². The standard InChI is InChI=1S/C17H20BrNO2/c1-11-8-12(2)16(14(18)9-11)19-10-13-6-5-7-15(20-3)17(13)21-4/h5-9,19H,10H2,1-4H3. The van der Waals surface area contributed by atoms with E-state index in [1.54, 1.807) is 14.2 Å². The van der Waals surface area contributed by atoms with Gasteiger partial charge in [0.05, 0.1) is 19.9 Å². The molecule has 1 N–H and O–H groups in total. The smallest absolute Gasteiger partial charge is 0.165 e. The third-order valence-corrected chi connectivity index (χ3v) is 4.00. The van der Waals surface area contributed by atoms with E-state index >= 15 is 0 Å². The molecule has 4 heteroatoms. The summed E-state index contributed by atoms with van der Waals surface area (Å²) in [6, 6.07) is 10.2. The van der Waals surface area contributed by atoms with E-state index in [1.807, 2.05) is 18.2 Å². The lowest BCUT2D eigenvalue weighted by Crippen LogP contribution is -2.05. The second-order valence-corrected chi connectivity index (χ2v) is 5.80. The Morgan fingerprint density at radius 1 is 1.10 bits per heavy atom. The van der Waals surface area contributed by atoms with Crippen LogP contribution in [0.15, 0.2) is 34.8 Å². The number of hydrogen-bond acceptors (Lipinski definition) is 3. The van der Waals surface area contributed by atoms with Crippen LogP contribution in [0.4, 0.5) is 5.69 Å². The van der Waals surface area contributed by atoms with E-state index in [4.69, 9.17) is 9.47 Å². The predicted molar refractivity (Wildman–Crippen MR) is 90.5 cm³/mol. The fraction of sp³-hybridized carbons (Fsp3) is 0.294. The van der Waals surface area contributed by atoms with E-state index < -0.39 is 0 Å². The van der Waals surface area contributed by atoms with Gasteiger partial charge >= 0.3 is 0 Å². The highest BCUT2D eigenvalue weighted by Gasteiger charge is 2.10. The largest absolute Gasteiger partial charge is 0.493 e. The molecular weight excluding hydrogens is 330 g/mol. The van der Waals surface area contributed by atoms with Crippen molar-refractivity contribution in [2.24, 2.45) is 0 Å². The number of halogens is 1. The number of aryl methyl sites for hydroxylation is 2. The second kappa shape index (κ2) is 6.85. The summed E-state index contributed by atoms with van der Waals surface area (Å²) < 4.78 is 11.9. The first-order chi connectivity index (χ1) is 10.1. The molecule has 0 saturated carbocycles. The molecule has 2 aromatic rings. The average molecular weight is 350 g/mol. The number of methoxy groups -OCH3 is 2. The molecule has 0 fully saturated rings. The Morgan fingerprint density at radius 2 is 1.86 bits per heavy atom. The molecule has 21 heavy (non-hydrogen) atoms. The number of nitrogens with one attached hydrogen (secondary N) is 1. The Morgan fingerprint density at radius 3 is 2.48 bits per heavy atom. The van der Waals surface area contributed by atoms with E-state index in [9.17, 15) is 0 Å². The highest BCUT2D eigenvalue weighted by atomic mass is 79.9. The fourth-order valence-electron chi connectivity index (χ4n) is 2.42. The number of ether oxygens (including phenoxy) is 2. The van der Waals surface area contributed by atoms with Gasteiger partial charge in [0.25, 0.3) is 0 Å². The molecule has 0 spiro atoms. The van der Waals surface area contributed by atoms with Crippen LogP contribution in [0.5, 0.6) is 11.5 Å². The van der Waals surface area contributed by atoms with Crippen molar-refractivity contribution in [3.05, 3.63) is 51.5 Å². The van der Waals surface area contributed by atoms with Crippen LogP contribution in [0.3, 0.4) is 0 Å². The molecule has 0 radical (unpaired) electrons. The third-order valence-electron chi connectivity index (χ3n) is 3.37. The third kappa shape index (κ3) is 3.50. The Labute approximate surface area is 134 Å². The number of hydrogen-bond donors (Lipinski definition) is 1. The molecule has 0 heterocycles. The molecule has 112 valence electrons. The lowest BCUT2D eigenvalue weighted by atomic mass is 10.1. The first-order valence-corrected chi connectivity index (χ1v) is 7.56. The molecule has 2 aromatic carbocycles. The molecule has 0 amide bonds. The summed E-state index contributed by atoms with van der Waals surface area (Å²) in [5.41, 5.74) is 4.61. The summed E-state index contributed by atoms with van der Waals surface area (Å²) in [4.78, 5) is 0. The number of anilines is 1. The zero-order valence-electron chi connectivity index (χ0n) is 12.8. The lowest BCUT2D eigenvalue weighted by molar-refractivity contribution is 0.352. The van der Waals surface area contributed by atoms with Gasteiger partial charge in [-0.3, -0.25) is 0 Å². The SMILES string of the molecule is COc1cccc(CNc2c(C)cc(C)cc2Br)c1OC. The number of rotatable bonds is 5. The summed E-state index contributed by atoms with van der Waals surface area (Å²) in [6.07, 6.45) is 0. The van der Waals surface area contributed by atoms with Crippen molar-refractivity contribution in [1.29, 1.82) is 0 Å². The molecule has 2 rings (SSSR count). The first kappa shape index (κ1) is 15.7. The molecule has 0 saturated heterocycles. The van der Waals surface area contributed by atoms with Crippen molar-refractivity contribution in [2.45, 2.75) is 20.4 Å². The second-order valence-electron chi connectivity index (χ2n) is 4.94. The van der Waals surface area contributed by atoms with Crippen molar-refractivity contribution in [1.82, 2.24) is 0 Å². The van der Waals surface area contributed by atoms with E-state index in [0.29, 0.717) is 6.54 Å². The number of benzene rings is 2. The zero-order valence-corrected chi connectivity index (χ0v) is 14.4. The summed E-state index contributed by atoms with van der Waals surface area (Å²) in [6.45, 7) is 4.86. The van der Waals surface area contributed by atoms with Gasteiger partial charge in [-0.2, -0.15) is 0 Å². The van der Waals surface area contributed by atoms with Gasteiger partial charge in [-0.15, -0.1) is 0 Å². The molecule has 0 bridgehead atoms.